The summed E-state index contributed by atoms with van der Waals surface area (Å²) in [5.74, 6) is 0. The molecular formula is C15H25N. The maximum Gasteiger partial charge on any atom is -0.00248 e. The minimum absolute atomic E-state index is 1.23. The van der Waals surface area contributed by atoms with Crippen LogP contribution >= 0.6 is 0 Å². The van der Waals surface area contributed by atoms with Crippen LogP contribution in [0, 0.1) is 6.92 Å². The molecule has 0 radical (unpaired) electrons. The van der Waals surface area contributed by atoms with Gasteiger partial charge in [-0.3, -0.25) is 0 Å². The van der Waals surface area contributed by atoms with Crippen LogP contribution in [0.1, 0.15) is 36.8 Å². The van der Waals surface area contributed by atoms with E-state index >= 15 is 0 Å². The first kappa shape index (κ1) is 13.2. The fourth-order valence-electron chi connectivity index (χ4n) is 1.99. The van der Waals surface area contributed by atoms with Crippen molar-refractivity contribution in [2.24, 2.45) is 0 Å². The van der Waals surface area contributed by atoms with E-state index in [0.717, 1.165) is 0 Å². The predicted octanol–water partition coefficient (Wildman–Crippen LogP) is 3.66. The van der Waals surface area contributed by atoms with Crippen LogP contribution in [0.25, 0.3) is 0 Å². The number of hydrogen-bond donors (Lipinski definition) is 0. The predicted molar refractivity (Wildman–Crippen MR) is 71.9 cm³/mol. The monoisotopic (exact) mass is 219 g/mol. The van der Waals surface area contributed by atoms with Gasteiger partial charge >= 0.3 is 0 Å². The molecule has 0 aliphatic rings. The first-order valence-corrected chi connectivity index (χ1v) is 6.39. The molecule has 1 heteroatoms. The zero-order valence-corrected chi connectivity index (χ0v) is 11.0. The second kappa shape index (κ2) is 7.45. The first-order valence-electron chi connectivity index (χ1n) is 6.39. The van der Waals surface area contributed by atoms with Gasteiger partial charge in [0.25, 0.3) is 0 Å². The lowest BCUT2D eigenvalue weighted by Crippen LogP contribution is -2.12. The van der Waals surface area contributed by atoms with Crippen LogP contribution in [-0.2, 0) is 6.42 Å². The van der Waals surface area contributed by atoms with E-state index in [1.807, 2.05) is 0 Å². The summed E-state index contributed by atoms with van der Waals surface area (Å²) in [5, 5.41) is 0. The number of hydrogen-bond acceptors (Lipinski definition) is 1. The molecule has 1 aromatic carbocycles. The van der Waals surface area contributed by atoms with Gasteiger partial charge in [-0.2, -0.15) is 0 Å². The molecule has 90 valence electrons. The van der Waals surface area contributed by atoms with Crippen molar-refractivity contribution in [3.63, 3.8) is 0 Å². The fourth-order valence-corrected chi connectivity index (χ4v) is 1.99. The number of aryl methyl sites for hydroxylation is 2. The number of nitrogens with zero attached hydrogens (tertiary/aromatic N) is 1. The molecule has 0 unspecified atom stereocenters. The average molecular weight is 219 g/mol. The summed E-state index contributed by atoms with van der Waals surface area (Å²) in [7, 11) is 4.29. The highest BCUT2D eigenvalue weighted by Gasteiger charge is 1.97. The summed E-state index contributed by atoms with van der Waals surface area (Å²) in [5.41, 5.74) is 2.96. The van der Waals surface area contributed by atoms with Crippen molar-refractivity contribution in [2.45, 2.75) is 39.0 Å². The lowest BCUT2D eigenvalue weighted by atomic mass is 10.0. The molecule has 1 aromatic rings. The van der Waals surface area contributed by atoms with Crippen molar-refractivity contribution in [3.05, 3.63) is 35.4 Å². The molecule has 0 atom stereocenters. The Morgan fingerprint density at radius 1 is 0.938 bits per heavy atom. The molecule has 0 aliphatic carbocycles. The van der Waals surface area contributed by atoms with Gasteiger partial charge in [0.15, 0.2) is 0 Å². The van der Waals surface area contributed by atoms with Gasteiger partial charge in [-0.1, -0.05) is 37.1 Å². The van der Waals surface area contributed by atoms with Gasteiger partial charge in [0.05, 0.1) is 0 Å². The smallest absolute Gasteiger partial charge is 0.00248 e. The van der Waals surface area contributed by atoms with Crippen LogP contribution in [0.5, 0.6) is 0 Å². The first-order chi connectivity index (χ1) is 7.70. The largest absolute Gasteiger partial charge is 0.309 e. The molecule has 0 bridgehead atoms. The van der Waals surface area contributed by atoms with Crippen LogP contribution in [0.4, 0.5) is 0 Å². The van der Waals surface area contributed by atoms with E-state index in [9.17, 15) is 0 Å². The number of unbranched alkanes of at least 4 members (excludes halogenated alkanes) is 3. The Bertz CT molecular complexity index is 291. The van der Waals surface area contributed by atoms with Gasteiger partial charge in [0.2, 0.25) is 0 Å². The highest BCUT2D eigenvalue weighted by Crippen LogP contribution is 2.12. The molecule has 0 aromatic heterocycles. The van der Waals surface area contributed by atoms with Gasteiger partial charge in [0, 0.05) is 0 Å². The quantitative estimate of drug-likeness (QED) is 0.633. The zero-order chi connectivity index (χ0) is 11.8. The Morgan fingerprint density at radius 2 is 1.62 bits per heavy atom. The summed E-state index contributed by atoms with van der Waals surface area (Å²) in [6, 6.07) is 8.74. The zero-order valence-electron chi connectivity index (χ0n) is 11.0. The molecule has 0 saturated carbocycles. The van der Waals surface area contributed by atoms with Gasteiger partial charge in [-0.25, -0.2) is 0 Å². The minimum Gasteiger partial charge on any atom is -0.309 e. The van der Waals surface area contributed by atoms with Crippen molar-refractivity contribution in [3.8, 4) is 0 Å². The van der Waals surface area contributed by atoms with Crippen molar-refractivity contribution >= 4 is 0 Å². The van der Waals surface area contributed by atoms with Gasteiger partial charge in [0.1, 0.15) is 0 Å². The molecule has 0 spiro atoms. The Kier molecular flexibility index (Phi) is 6.17. The molecule has 0 fully saturated rings. The van der Waals surface area contributed by atoms with Crippen LogP contribution in [0.15, 0.2) is 24.3 Å². The second-order valence-corrected chi connectivity index (χ2v) is 4.89. The molecular weight excluding hydrogens is 194 g/mol. The summed E-state index contributed by atoms with van der Waals surface area (Å²) in [6.07, 6.45) is 6.64. The van der Waals surface area contributed by atoms with Gasteiger partial charge in [-0.05, 0) is 58.0 Å². The molecule has 0 N–H and O–H groups in total. The molecule has 16 heavy (non-hydrogen) atoms. The van der Waals surface area contributed by atoms with Crippen LogP contribution < -0.4 is 0 Å². The highest BCUT2D eigenvalue weighted by atomic mass is 15.0. The lowest BCUT2D eigenvalue weighted by Gasteiger charge is -2.09. The van der Waals surface area contributed by atoms with E-state index in [1.165, 1.54) is 49.8 Å². The number of rotatable bonds is 7. The molecule has 0 heterocycles. The van der Waals surface area contributed by atoms with E-state index < -0.39 is 0 Å². The molecule has 1 nitrogen and oxygen atoms in total. The maximum absolute atomic E-state index is 2.27. The van der Waals surface area contributed by atoms with E-state index in [-0.39, 0.29) is 0 Å². The van der Waals surface area contributed by atoms with Gasteiger partial charge in [-0.15, -0.1) is 0 Å². The van der Waals surface area contributed by atoms with Crippen molar-refractivity contribution < 1.29 is 0 Å². The summed E-state index contributed by atoms with van der Waals surface area (Å²) in [6.45, 7) is 3.44. The lowest BCUT2D eigenvalue weighted by molar-refractivity contribution is 0.390. The number of benzene rings is 1. The van der Waals surface area contributed by atoms with Crippen LogP contribution in [-0.4, -0.2) is 25.5 Å². The third-order valence-corrected chi connectivity index (χ3v) is 3.06. The fraction of sp³-hybridized carbons (Fsp3) is 0.600. The van der Waals surface area contributed by atoms with Crippen molar-refractivity contribution in [2.75, 3.05) is 20.6 Å². The van der Waals surface area contributed by atoms with E-state index in [2.05, 4.69) is 50.2 Å². The maximum atomic E-state index is 2.27. The van der Waals surface area contributed by atoms with Crippen LogP contribution in [0.2, 0.25) is 0 Å². The highest BCUT2D eigenvalue weighted by molar-refractivity contribution is 5.25. The standard InChI is InChI=1S/C15H25N/c1-14-10-7-8-12-15(14)11-6-4-5-9-13-16(2)3/h7-8,10,12H,4-6,9,11,13H2,1-3H3. The topological polar surface area (TPSA) is 3.24 Å². The molecule has 0 aliphatic heterocycles. The third kappa shape index (κ3) is 5.32. The Morgan fingerprint density at radius 3 is 2.31 bits per heavy atom. The van der Waals surface area contributed by atoms with Crippen molar-refractivity contribution in [1.82, 2.24) is 4.90 Å². The van der Waals surface area contributed by atoms with Crippen molar-refractivity contribution in [1.29, 1.82) is 0 Å². The van der Waals surface area contributed by atoms with E-state index in [1.54, 1.807) is 0 Å². The van der Waals surface area contributed by atoms with Crippen LogP contribution in [0.3, 0.4) is 0 Å². The van der Waals surface area contributed by atoms with E-state index in [4.69, 9.17) is 0 Å². The normalized spacial score (nSPS) is 11.0. The molecule has 0 saturated heterocycles. The molecule has 0 amide bonds. The summed E-state index contributed by atoms with van der Waals surface area (Å²) >= 11 is 0. The van der Waals surface area contributed by atoms with E-state index in [0.29, 0.717) is 0 Å². The summed E-state index contributed by atoms with van der Waals surface area (Å²) < 4.78 is 0. The Labute approximate surface area is 100 Å². The Balaban J connectivity index is 2.10. The Hall–Kier alpha value is -0.820. The van der Waals surface area contributed by atoms with Gasteiger partial charge < -0.3 is 4.90 Å². The third-order valence-electron chi connectivity index (χ3n) is 3.06. The second-order valence-electron chi connectivity index (χ2n) is 4.89. The molecule has 1 rings (SSSR count). The SMILES string of the molecule is Cc1ccccc1CCCCCCN(C)C. The minimum atomic E-state index is 1.23. The average Bonchev–Trinajstić information content (AvgIpc) is 2.25. The summed E-state index contributed by atoms with van der Waals surface area (Å²) in [4.78, 5) is 2.27.